The zero-order valence-electron chi connectivity index (χ0n) is 13.6. The van der Waals surface area contributed by atoms with Gasteiger partial charge in [0.25, 0.3) is 0 Å². The molecule has 128 valence electrons. The molecule has 1 amide bonds. The minimum absolute atomic E-state index is 0.286. The van der Waals surface area contributed by atoms with E-state index in [1.54, 1.807) is 0 Å². The fraction of sp³-hybridized carbons (Fsp3) is 0.588. The first-order valence-corrected chi connectivity index (χ1v) is 9.58. The molecule has 4 nitrogen and oxygen atoms in total. The Morgan fingerprint density at radius 2 is 2.00 bits per heavy atom. The molecule has 0 spiro atoms. The summed E-state index contributed by atoms with van der Waals surface area (Å²) in [6.45, 7) is 5.34. The normalized spacial score (nSPS) is 20.3. The van der Waals surface area contributed by atoms with Crippen molar-refractivity contribution in [2.45, 2.75) is 51.5 Å². The van der Waals surface area contributed by atoms with Crippen molar-refractivity contribution in [3.05, 3.63) is 26.6 Å². The molecule has 1 aliphatic rings. The van der Waals surface area contributed by atoms with Crippen molar-refractivity contribution in [3.8, 4) is 5.75 Å². The van der Waals surface area contributed by atoms with Crippen LogP contribution in [0.15, 0.2) is 21.1 Å². The van der Waals surface area contributed by atoms with Crippen LogP contribution in [0.2, 0.25) is 0 Å². The van der Waals surface area contributed by atoms with E-state index < -0.39 is 0 Å². The smallest absolute Gasteiger partial charge is 0.407 e. The summed E-state index contributed by atoms with van der Waals surface area (Å²) in [5, 5.41) is 2.87. The molecule has 1 atom stereocenters. The summed E-state index contributed by atoms with van der Waals surface area (Å²) in [6, 6.07) is 4.17. The Morgan fingerprint density at radius 1 is 1.30 bits per heavy atom. The van der Waals surface area contributed by atoms with Gasteiger partial charge in [-0.1, -0.05) is 19.8 Å². The minimum Gasteiger partial charge on any atom is -0.491 e. The van der Waals surface area contributed by atoms with E-state index in [9.17, 15) is 4.79 Å². The second kappa shape index (κ2) is 8.38. The number of aryl methyl sites for hydroxylation is 1. The number of alkyl carbamates (subject to hydrolysis) is 1. The van der Waals surface area contributed by atoms with E-state index in [0.717, 1.165) is 40.6 Å². The van der Waals surface area contributed by atoms with Gasteiger partial charge in [-0.2, -0.15) is 0 Å². The van der Waals surface area contributed by atoms with Crippen LogP contribution in [-0.2, 0) is 11.2 Å². The molecule has 23 heavy (non-hydrogen) atoms. The molecule has 1 N–H and O–H groups in total. The van der Waals surface area contributed by atoms with Crippen LogP contribution in [0.3, 0.4) is 0 Å². The third-order valence-electron chi connectivity index (χ3n) is 3.94. The third kappa shape index (κ3) is 5.38. The Bertz CT molecular complexity index is 542. The fourth-order valence-corrected chi connectivity index (χ4v) is 4.03. The summed E-state index contributed by atoms with van der Waals surface area (Å²) in [4.78, 5) is 11.2. The number of nitrogens with one attached hydrogen (secondary N) is 1. The molecule has 0 aliphatic carbocycles. The highest BCUT2D eigenvalue weighted by Crippen LogP contribution is 2.35. The van der Waals surface area contributed by atoms with Gasteiger partial charge in [-0.15, -0.1) is 0 Å². The number of halogens is 2. The van der Waals surface area contributed by atoms with Crippen molar-refractivity contribution in [2.24, 2.45) is 0 Å². The Balaban J connectivity index is 1.95. The molecule has 6 heteroatoms. The highest BCUT2D eigenvalue weighted by molar-refractivity contribution is 9.11. The van der Waals surface area contributed by atoms with Crippen LogP contribution in [0.4, 0.5) is 4.79 Å². The van der Waals surface area contributed by atoms with Crippen LogP contribution in [-0.4, -0.2) is 24.8 Å². The van der Waals surface area contributed by atoms with Crippen LogP contribution < -0.4 is 10.1 Å². The number of amides is 1. The van der Waals surface area contributed by atoms with Gasteiger partial charge in [0.15, 0.2) is 0 Å². The SMILES string of the molecule is CCCCCOc1c(Br)cc(CCC2(C)COC(=O)N2)cc1Br. The number of cyclic esters (lactones) is 1. The average Bonchev–Trinajstić information content (AvgIpc) is 2.84. The first-order chi connectivity index (χ1) is 10.9. The monoisotopic (exact) mass is 447 g/mol. The van der Waals surface area contributed by atoms with Crippen molar-refractivity contribution in [3.63, 3.8) is 0 Å². The lowest BCUT2D eigenvalue weighted by atomic mass is 9.95. The summed E-state index contributed by atoms with van der Waals surface area (Å²) >= 11 is 7.19. The van der Waals surface area contributed by atoms with Crippen molar-refractivity contribution in [1.29, 1.82) is 0 Å². The molecule has 1 aromatic rings. The quantitative estimate of drug-likeness (QED) is 0.555. The lowest BCUT2D eigenvalue weighted by molar-refractivity contribution is 0.172. The number of unbranched alkanes of at least 4 members (excludes halogenated alkanes) is 2. The summed E-state index contributed by atoms with van der Waals surface area (Å²) in [5.74, 6) is 0.855. The van der Waals surface area contributed by atoms with Crippen molar-refractivity contribution < 1.29 is 14.3 Å². The predicted octanol–water partition coefficient (Wildman–Crippen LogP) is 5.21. The van der Waals surface area contributed by atoms with Gasteiger partial charge >= 0.3 is 6.09 Å². The van der Waals surface area contributed by atoms with E-state index in [2.05, 4.69) is 56.2 Å². The molecule has 1 heterocycles. The molecular weight excluding hydrogens is 426 g/mol. The number of ether oxygens (including phenoxy) is 2. The number of hydrogen-bond donors (Lipinski definition) is 1. The van der Waals surface area contributed by atoms with Crippen LogP contribution >= 0.6 is 31.9 Å². The summed E-state index contributed by atoms with van der Waals surface area (Å²) in [7, 11) is 0. The first kappa shape index (κ1) is 18.6. The first-order valence-electron chi connectivity index (χ1n) is 7.99. The third-order valence-corrected chi connectivity index (χ3v) is 5.12. The number of benzene rings is 1. The number of rotatable bonds is 8. The molecule has 1 aliphatic heterocycles. The average molecular weight is 449 g/mol. The molecule has 1 unspecified atom stereocenters. The number of carbonyl (C=O) groups excluding carboxylic acids is 1. The standard InChI is InChI=1S/C17H23Br2NO3/c1-3-4-5-8-22-15-13(18)9-12(10-14(15)19)6-7-17(2)11-23-16(21)20-17/h9-10H,3-8,11H2,1-2H3,(H,20,21). The zero-order valence-corrected chi connectivity index (χ0v) is 16.8. The van der Waals surface area contributed by atoms with Gasteiger partial charge in [-0.05, 0) is 75.7 Å². The Hall–Kier alpha value is -0.750. The van der Waals surface area contributed by atoms with E-state index in [0.29, 0.717) is 6.61 Å². The Labute approximate surface area is 154 Å². The van der Waals surface area contributed by atoms with Crippen molar-refractivity contribution in [1.82, 2.24) is 5.32 Å². The number of carbonyl (C=O) groups is 1. The highest BCUT2D eigenvalue weighted by Gasteiger charge is 2.34. The van der Waals surface area contributed by atoms with E-state index in [-0.39, 0.29) is 11.6 Å². The Morgan fingerprint density at radius 3 is 2.57 bits per heavy atom. The fourth-order valence-electron chi connectivity index (χ4n) is 2.52. The van der Waals surface area contributed by atoms with Crippen LogP contribution in [0.1, 0.15) is 45.1 Å². The van der Waals surface area contributed by atoms with Gasteiger partial charge in [0.05, 0.1) is 21.1 Å². The molecular formula is C17H23Br2NO3. The molecule has 1 fully saturated rings. The van der Waals surface area contributed by atoms with Crippen LogP contribution in [0.25, 0.3) is 0 Å². The van der Waals surface area contributed by atoms with Crippen LogP contribution in [0.5, 0.6) is 5.75 Å². The predicted molar refractivity (Wildman–Crippen MR) is 98.1 cm³/mol. The van der Waals surface area contributed by atoms with Crippen molar-refractivity contribution >= 4 is 38.0 Å². The van der Waals surface area contributed by atoms with Gasteiger partial charge in [-0.3, -0.25) is 0 Å². The summed E-state index contributed by atoms with van der Waals surface area (Å²) in [6.07, 6.45) is 4.78. The largest absolute Gasteiger partial charge is 0.491 e. The molecule has 0 bridgehead atoms. The van der Waals surface area contributed by atoms with Gasteiger partial charge < -0.3 is 14.8 Å². The lowest BCUT2D eigenvalue weighted by Gasteiger charge is -2.21. The highest BCUT2D eigenvalue weighted by atomic mass is 79.9. The maximum absolute atomic E-state index is 11.2. The van der Waals surface area contributed by atoms with Gasteiger partial charge in [0.2, 0.25) is 0 Å². The van der Waals surface area contributed by atoms with Gasteiger partial charge in [0, 0.05) is 0 Å². The van der Waals surface area contributed by atoms with E-state index in [4.69, 9.17) is 9.47 Å². The van der Waals surface area contributed by atoms with E-state index >= 15 is 0 Å². The summed E-state index contributed by atoms with van der Waals surface area (Å²) < 4.78 is 12.8. The molecule has 1 saturated heterocycles. The van der Waals surface area contributed by atoms with Crippen LogP contribution in [0, 0.1) is 0 Å². The zero-order chi connectivity index (χ0) is 16.9. The number of hydrogen-bond acceptors (Lipinski definition) is 3. The maximum atomic E-state index is 11.2. The molecule has 0 saturated carbocycles. The Kier molecular flexibility index (Phi) is 6.77. The van der Waals surface area contributed by atoms with Gasteiger partial charge in [-0.25, -0.2) is 4.79 Å². The van der Waals surface area contributed by atoms with E-state index in [1.165, 1.54) is 18.4 Å². The molecule has 1 aromatic carbocycles. The molecule has 2 rings (SSSR count). The maximum Gasteiger partial charge on any atom is 0.407 e. The van der Waals surface area contributed by atoms with Crippen molar-refractivity contribution in [2.75, 3.05) is 13.2 Å². The summed E-state index contributed by atoms with van der Waals surface area (Å²) in [5.41, 5.74) is 0.901. The van der Waals surface area contributed by atoms with Gasteiger partial charge in [0.1, 0.15) is 12.4 Å². The minimum atomic E-state index is -0.328. The topological polar surface area (TPSA) is 47.6 Å². The molecule has 0 radical (unpaired) electrons. The van der Waals surface area contributed by atoms with E-state index in [1.807, 2.05) is 6.92 Å². The second-order valence-electron chi connectivity index (χ2n) is 6.21. The second-order valence-corrected chi connectivity index (χ2v) is 7.91. The molecule has 0 aromatic heterocycles. The lowest BCUT2D eigenvalue weighted by Crippen LogP contribution is -2.40.